The van der Waals surface area contributed by atoms with E-state index in [1.54, 1.807) is 24.0 Å². The van der Waals surface area contributed by atoms with Gasteiger partial charge in [-0.2, -0.15) is 10.2 Å². The van der Waals surface area contributed by atoms with Crippen LogP contribution in [0.3, 0.4) is 0 Å². The van der Waals surface area contributed by atoms with E-state index in [-0.39, 0.29) is 10.7 Å². The number of aromatic nitrogens is 4. The van der Waals surface area contributed by atoms with E-state index >= 15 is 0 Å². The van der Waals surface area contributed by atoms with E-state index in [4.69, 9.17) is 11.6 Å². The van der Waals surface area contributed by atoms with Gasteiger partial charge in [0.25, 0.3) is 0 Å². The van der Waals surface area contributed by atoms with E-state index in [1.807, 2.05) is 6.92 Å². The first-order valence-corrected chi connectivity index (χ1v) is 5.92. The Morgan fingerprint density at radius 2 is 2.28 bits per heavy atom. The Labute approximate surface area is 109 Å². The van der Waals surface area contributed by atoms with Gasteiger partial charge in [-0.15, -0.1) is 0 Å². The van der Waals surface area contributed by atoms with Gasteiger partial charge in [0.1, 0.15) is 16.4 Å². The zero-order valence-corrected chi connectivity index (χ0v) is 10.8. The number of hydrogen-bond donors (Lipinski definition) is 1. The smallest absolute Gasteiger partial charge is 0.341 e. The first-order chi connectivity index (χ1) is 8.56. The number of carbonyl (C=O) groups is 1. The number of aromatic carboxylic acids is 1. The van der Waals surface area contributed by atoms with Crippen LogP contribution < -0.4 is 0 Å². The van der Waals surface area contributed by atoms with Crippen molar-refractivity contribution in [3.63, 3.8) is 0 Å². The average Bonchev–Trinajstić information content (AvgIpc) is 2.84. The number of aryl methyl sites for hydroxylation is 2. The molecule has 0 aliphatic heterocycles. The Morgan fingerprint density at radius 3 is 2.78 bits per heavy atom. The molecule has 0 fully saturated rings. The fourth-order valence-corrected chi connectivity index (χ4v) is 2.07. The van der Waals surface area contributed by atoms with Crippen molar-refractivity contribution in [3.8, 4) is 11.4 Å². The Morgan fingerprint density at radius 1 is 1.56 bits per heavy atom. The van der Waals surface area contributed by atoms with E-state index in [2.05, 4.69) is 10.2 Å². The molecule has 0 aliphatic carbocycles. The van der Waals surface area contributed by atoms with Gasteiger partial charge in [-0.1, -0.05) is 18.5 Å². The molecule has 96 valence electrons. The lowest BCUT2D eigenvalue weighted by atomic mass is 10.2. The van der Waals surface area contributed by atoms with E-state index in [0.717, 1.165) is 6.42 Å². The molecule has 0 aromatic carbocycles. The largest absolute Gasteiger partial charge is 0.477 e. The van der Waals surface area contributed by atoms with E-state index in [9.17, 15) is 9.90 Å². The lowest BCUT2D eigenvalue weighted by Crippen LogP contribution is -2.01. The zero-order valence-electron chi connectivity index (χ0n) is 10.1. The van der Waals surface area contributed by atoms with E-state index < -0.39 is 5.97 Å². The molecule has 2 aromatic heterocycles. The molecule has 2 heterocycles. The van der Waals surface area contributed by atoms with Gasteiger partial charge in [-0.05, 0) is 12.5 Å². The van der Waals surface area contributed by atoms with Crippen molar-refractivity contribution in [2.24, 2.45) is 7.05 Å². The monoisotopic (exact) mass is 268 g/mol. The summed E-state index contributed by atoms with van der Waals surface area (Å²) in [6, 6.07) is 1.71. The third kappa shape index (κ3) is 1.99. The van der Waals surface area contributed by atoms with Crippen molar-refractivity contribution in [1.82, 2.24) is 19.6 Å². The summed E-state index contributed by atoms with van der Waals surface area (Å²) >= 11 is 6.06. The maximum absolute atomic E-state index is 11.3. The summed E-state index contributed by atoms with van der Waals surface area (Å²) in [5, 5.41) is 17.7. The van der Waals surface area contributed by atoms with E-state index in [1.165, 1.54) is 4.68 Å². The molecule has 0 unspecified atom stereocenters. The van der Waals surface area contributed by atoms with Gasteiger partial charge in [0.05, 0.1) is 5.69 Å². The molecule has 2 rings (SSSR count). The summed E-state index contributed by atoms with van der Waals surface area (Å²) < 4.78 is 3.08. The van der Waals surface area contributed by atoms with Gasteiger partial charge in [0, 0.05) is 19.8 Å². The minimum absolute atomic E-state index is 0.0220. The van der Waals surface area contributed by atoms with Crippen LogP contribution in [-0.2, 0) is 13.6 Å². The third-order valence-electron chi connectivity index (χ3n) is 2.60. The lowest BCUT2D eigenvalue weighted by molar-refractivity contribution is 0.0697. The Bertz CT molecular complexity index is 588. The molecule has 0 atom stereocenters. The van der Waals surface area contributed by atoms with Crippen LogP contribution in [0.4, 0.5) is 0 Å². The second-order valence-corrected chi connectivity index (χ2v) is 4.24. The Kier molecular flexibility index (Phi) is 3.38. The molecule has 0 amide bonds. The van der Waals surface area contributed by atoms with E-state index in [0.29, 0.717) is 17.9 Å². The predicted octanol–water partition coefficient (Wildman–Crippen LogP) is 2.05. The maximum atomic E-state index is 11.3. The minimum atomic E-state index is -1.08. The van der Waals surface area contributed by atoms with Gasteiger partial charge in [-0.25, -0.2) is 4.79 Å². The highest BCUT2D eigenvalue weighted by Gasteiger charge is 2.24. The number of halogens is 1. The van der Waals surface area contributed by atoms with Gasteiger partial charge < -0.3 is 5.11 Å². The predicted molar refractivity (Wildman–Crippen MR) is 66.7 cm³/mol. The number of carboxylic acid groups (broad SMARTS) is 1. The Balaban J connectivity index is 2.63. The molecule has 6 nitrogen and oxygen atoms in total. The van der Waals surface area contributed by atoms with Crippen molar-refractivity contribution in [3.05, 3.63) is 23.0 Å². The van der Waals surface area contributed by atoms with Crippen LogP contribution in [0.25, 0.3) is 11.4 Å². The molecule has 0 bridgehead atoms. The van der Waals surface area contributed by atoms with Gasteiger partial charge in [-0.3, -0.25) is 9.36 Å². The van der Waals surface area contributed by atoms with Crippen LogP contribution in [0.1, 0.15) is 23.7 Å². The van der Waals surface area contributed by atoms with Crippen molar-refractivity contribution in [2.45, 2.75) is 19.9 Å². The van der Waals surface area contributed by atoms with Crippen molar-refractivity contribution >= 4 is 17.6 Å². The van der Waals surface area contributed by atoms with Crippen LogP contribution >= 0.6 is 11.6 Å². The second-order valence-electron chi connectivity index (χ2n) is 3.88. The summed E-state index contributed by atoms with van der Waals surface area (Å²) in [5.41, 5.74) is 0.999. The van der Waals surface area contributed by atoms with Crippen LogP contribution in [0.2, 0.25) is 5.15 Å². The van der Waals surface area contributed by atoms with Crippen LogP contribution in [0, 0.1) is 0 Å². The number of carboxylic acids is 1. The lowest BCUT2D eigenvalue weighted by Gasteiger charge is -1.98. The molecule has 0 aliphatic rings. The number of nitrogens with zero attached hydrogens (tertiary/aromatic N) is 4. The normalized spacial score (nSPS) is 10.8. The highest BCUT2D eigenvalue weighted by atomic mass is 35.5. The average molecular weight is 269 g/mol. The summed E-state index contributed by atoms with van der Waals surface area (Å²) in [4.78, 5) is 11.3. The Hall–Kier alpha value is -1.82. The molecule has 0 radical (unpaired) electrons. The van der Waals surface area contributed by atoms with Crippen molar-refractivity contribution < 1.29 is 9.90 Å². The summed E-state index contributed by atoms with van der Waals surface area (Å²) in [6.07, 6.45) is 2.42. The first-order valence-electron chi connectivity index (χ1n) is 5.54. The fraction of sp³-hybridized carbons (Fsp3) is 0.364. The third-order valence-corrected chi connectivity index (χ3v) is 2.99. The molecular weight excluding hydrogens is 256 g/mol. The molecular formula is C11H13ClN4O2. The van der Waals surface area contributed by atoms with Crippen molar-refractivity contribution in [2.75, 3.05) is 0 Å². The summed E-state index contributed by atoms with van der Waals surface area (Å²) in [5.74, 6) is -1.08. The molecule has 0 saturated carbocycles. The standard InChI is InChI=1S/C11H13ClN4O2/c1-3-6-16-10(12)8(11(17)18)9(14-16)7-4-5-13-15(7)2/h4-5H,3,6H2,1-2H3,(H,17,18). The van der Waals surface area contributed by atoms with Crippen molar-refractivity contribution in [1.29, 1.82) is 0 Å². The SMILES string of the molecule is CCCn1nc(-c2ccnn2C)c(C(=O)O)c1Cl. The van der Waals surface area contributed by atoms with Gasteiger partial charge >= 0.3 is 5.97 Å². The maximum Gasteiger partial charge on any atom is 0.341 e. The summed E-state index contributed by atoms with van der Waals surface area (Å²) in [7, 11) is 1.73. The molecule has 18 heavy (non-hydrogen) atoms. The molecule has 0 spiro atoms. The fourth-order valence-electron chi connectivity index (χ4n) is 1.78. The molecule has 2 aromatic rings. The van der Waals surface area contributed by atoms with Crippen LogP contribution in [0.15, 0.2) is 12.3 Å². The highest BCUT2D eigenvalue weighted by molar-refractivity contribution is 6.33. The quantitative estimate of drug-likeness (QED) is 0.921. The number of rotatable bonds is 4. The molecule has 0 saturated heterocycles. The van der Waals surface area contributed by atoms with Gasteiger partial charge in [0.15, 0.2) is 0 Å². The van der Waals surface area contributed by atoms with Crippen LogP contribution in [0.5, 0.6) is 0 Å². The van der Waals surface area contributed by atoms with Gasteiger partial charge in [0.2, 0.25) is 0 Å². The minimum Gasteiger partial charge on any atom is -0.477 e. The van der Waals surface area contributed by atoms with Crippen LogP contribution in [-0.4, -0.2) is 30.6 Å². The first kappa shape index (κ1) is 12.6. The number of hydrogen-bond acceptors (Lipinski definition) is 3. The molecule has 1 N–H and O–H groups in total. The highest BCUT2D eigenvalue weighted by Crippen LogP contribution is 2.28. The zero-order chi connectivity index (χ0) is 13.3. The molecule has 7 heteroatoms. The topological polar surface area (TPSA) is 72.9 Å². The second kappa shape index (κ2) is 4.81. The summed E-state index contributed by atoms with van der Waals surface area (Å²) in [6.45, 7) is 2.55.